The molecule has 1 heterocycles. The molecule has 0 bridgehead atoms. The zero-order chi connectivity index (χ0) is 15.0. The van der Waals surface area contributed by atoms with E-state index < -0.39 is 10.2 Å². The maximum Gasteiger partial charge on any atom is 0.282 e. The molecule has 2 N–H and O–H groups in total. The third-order valence-electron chi connectivity index (χ3n) is 3.56. The summed E-state index contributed by atoms with van der Waals surface area (Å²) in [7, 11) is -0.337. The van der Waals surface area contributed by atoms with E-state index in [2.05, 4.69) is 0 Å². The molecule has 0 radical (unpaired) electrons. The molecule has 8 heteroatoms. The van der Waals surface area contributed by atoms with Crippen molar-refractivity contribution in [2.75, 3.05) is 60.2 Å². The summed E-state index contributed by atoms with van der Waals surface area (Å²) >= 11 is 0. The van der Waals surface area contributed by atoms with Crippen molar-refractivity contribution in [3.05, 3.63) is 0 Å². The van der Waals surface area contributed by atoms with Crippen molar-refractivity contribution in [3.63, 3.8) is 0 Å². The second kappa shape index (κ2) is 8.91. The second-order valence-electron chi connectivity index (χ2n) is 4.99. The number of methoxy groups -OCH3 is 2. The minimum absolute atomic E-state index is 0.255. The molecule has 0 aromatic rings. The Labute approximate surface area is 122 Å². The molecule has 1 saturated heterocycles. The van der Waals surface area contributed by atoms with Crippen molar-refractivity contribution in [1.29, 1.82) is 0 Å². The van der Waals surface area contributed by atoms with Crippen molar-refractivity contribution in [2.24, 2.45) is 11.7 Å². The fourth-order valence-corrected chi connectivity index (χ4v) is 4.02. The molecule has 1 aliphatic rings. The Bertz CT molecular complexity index is 356. The number of hydrogen-bond acceptors (Lipinski definition) is 5. The summed E-state index contributed by atoms with van der Waals surface area (Å²) in [5, 5.41) is 0. The predicted molar refractivity (Wildman–Crippen MR) is 77.6 cm³/mol. The fraction of sp³-hybridized carbons (Fsp3) is 1.00. The first-order chi connectivity index (χ1) is 9.56. The molecule has 1 unspecified atom stereocenters. The smallest absolute Gasteiger partial charge is 0.282 e. The minimum Gasteiger partial charge on any atom is -0.383 e. The minimum atomic E-state index is -3.46. The third kappa shape index (κ3) is 4.94. The topological polar surface area (TPSA) is 85.1 Å². The molecule has 0 aliphatic carbocycles. The van der Waals surface area contributed by atoms with E-state index in [4.69, 9.17) is 15.2 Å². The van der Waals surface area contributed by atoms with Gasteiger partial charge in [0.1, 0.15) is 0 Å². The SMILES string of the molecule is COCCN(CCOC)S(=O)(=O)N1CCCC(CN)C1. The van der Waals surface area contributed by atoms with Gasteiger partial charge in [-0.05, 0) is 25.3 Å². The van der Waals surface area contributed by atoms with Crippen LogP contribution in [0.2, 0.25) is 0 Å². The van der Waals surface area contributed by atoms with Gasteiger partial charge >= 0.3 is 0 Å². The van der Waals surface area contributed by atoms with Crippen molar-refractivity contribution in [3.8, 4) is 0 Å². The van der Waals surface area contributed by atoms with Crippen molar-refractivity contribution >= 4 is 10.2 Å². The van der Waals surface area contributed by atoms with Gasteiger partial charge in [-0.25, -0.2) is 0 Å². The van der Waals surface area contributed by atoms with Gasteiger partial charge in [0, 0.05) is 40.4 Å². The van der Waals surface area contributed by atoms with Gasteiger partial charge in [-0.2, -0.15) is 17.0 Å². The number of hydrogen-bond donors (Lipinski definition) is 1. The number of rotatable bonds is 9. The average Bonchev–Trinajstić information content (AvgIpc) is 2.47. The second-order valence-corrected chi connectivity index (χ2v) is 6.92. The van der Waals surface area contributed by atoms with Crippen molar-refractivity contribution in [1.82, 2.24) is 8.61 Å². The monoisotopic (exact) mass is 309 g/mol. The lowest BCUT2D eigenvalue weighted by Crippen LogP contribution is -2.50. The standard InChI is InChI=1S/C12H27N3O4S/c1-18-8-6-14(7-9-19-2)20(16,17)15-5-3-4-12(10-13)11-15/h12H,3-11,13H2,1-2H3. The van der Waals surface area contributed by atoms with E-state index in [1.807, 2.05) is 0 Å². The molecule has 0 saturated carbocycles. The highest BCUT2D eigenvalue weighted by atomic mass is 32.2. The molecular formula is C12H27N3O4S. The lowest BCUT2D eigenvalue weighted by atomic mass is 10.0. The van der Waals surface area contributed by atoms with Gasteiger partial charge in [0.15, 0.2) is 0 Å². The Morgan fingerprint density at radius 3 is 2.35 bits per heavy atom. The van der Waals surface area contributed by atoms with Gasteiger partial charge in [0.25, 0.3) is 10.2 Å². The van der Waals surface area contributed by atoms with Crippen LogP contribution in [-0.2, 0) is 19.7 Å². The number of ether oxygens (including phenoxy) is 2. The summed E-state index contributed by atoms with van der Waals surface area (Å²) < 4.78 is 38.3. The molecule has 1 rings (SSSR count). The molecule has 1 fully saturated rings. The van der Waals surface area contributed by atoms with Gasteiger partial charge in [-0.1, -0.05) is 0 Å². The normalized spacial score (nSPS) is 21.5. The highest BCUT2D eigenvalue weighted by Crippen LogP contribution is 2.20. The van der Waals surface area contributed by atoms with E-state index >= 15 is 0 Å². The van der Waals surface area contributed by atoms with Gasteiger partial charge in [-0.3, -0.25) is 0 Å². The number of nitrogens with two attached hydrogens (primary N) is 1. The lowest BCUT2D eigenvalue weighted by Gasteiger charge is -2.35. The molecule has 1 atom stereocenters. The average molecular weight is 309 g/mol. The van der Waals surface area contributed by atoms with Crippen LogP contribution in [0.4, 0.5) is 0 Å². The number of piperidine rings is 1. The van der Waals surface area contributed by atoms with Gasteiger partial charge in [0.05, 0.1) is 13.2 Å². The summed E-state index contributed by atoms with van der Waals surface area (Å²) in [6, 6.07) is 0. The van der Waals surface area contributed by atoms with Crippen molar-refractivity contribution < 1.29 is 17.9 Å². The Balaban J connectivity index is 2.73. The Kier molecular flexibility index (Phi) is 7.93. The van der Waals surface area contributed by atoms with Crippen LogP contribution in [0.3, 0.4) is 0 Å². The summed E-state index contributed by atoms with van der Waals surface area (Å²) in [4.78, 5) is 0. The van der Waals surface area contributed by atoms with Crippen LogP contribution in [0.15, 0.2) is 0 Å². The molecule has 20 heavy (non-hydrogen) atoms. The zero-order valence-electron chi connectivity index (χ0n) is 12.5. The van der Waals surface area contributed by atoms with E-state index in [0.29, 0.717) is 45.9 Å². The van der Waals surface area contributed by atoms with E-state index in [1.165, 1.54) is 4.31 Å². The first-order valence-electron chi connectivity index (χ1n) is 6.99. The molecule has 7 nitrogen and oxygen atoms in total. The highest BCUT2D eigenvalue weighted by molar-refractivity contribution is 7.86. The summed E-state index contributed by atoms with van der Waals surface area (Å²) in [5.41, 5.74) is 5.67. The van der Waals surface area contributed by atoms with Crippen LogP contribution in [-0.4, -0.2) is 77.2 Å². The molecule has 0 amide bonds. The molecular weight excluding hydrogens is 282 g/mol. The van der Waals surface area contributed by atoms with E-state index in [0.717, 1.165) is 12.8 Å². The first-order valence-corrected chi connectivity index (χ1v) is 8.39. The van der Waals surface area contributed by atoms with Crippen LogP contribution in [0, 0.1) is 5.92 Å². The van der Waals surface area contributed by atoms with Crippen LogP contribution in [0.25, 0.3) is 0 Å². The molecule has 0 aromatic heterocycles. The number of nitrogens with zero attached hydrogens (tertiary/aromatic N) is 2. The molecule has 1 aliphatic heterocycles. The molecule has 0 spiro atoms. The summed E-state index contributed by atoms with van der Waals surface area (Å²) in [6.07, 6.45) is 1.86. The summed E-state index contributed by atoms with van der Waals surface area (Å²) in [6.45, 7) is 3.03. The van der Waals surface area contributed by atoms with E-state index in [1.54, 1.807) is 18.5 Å². The van der Waals surface area contributed by atoms with Crippen molar-refractivity contribution in [2.45, 2.75) is 12.8 Å². The first kappa shape index (κ1) is 17.8. The zero-order valence-corrected chi connectivity index (χ0v) is 13.3. The fourth-order valence-electron chi connectivity index (χ4n) is 2.32. The molecule has 120 valence electrons. The third-order valence-corrected chi connectivity index (χ3v) is 5.56. The highest BCUT2D eigenvalue weighted by Gasteiger charge is 2.32. The van der Waals surface area contributed by atoms with Gasteiger partial charge < -0.3 is 15.2 Å². The maximum atomic E-state index is 12.7. The van der Waals surface area contributed by atoms with Crippen LogP contribution in [0.1, 0.15) is 12.8 Å². The maximum absolute atomic E-state index is 12.7. The lowest BCUT2D eigenvalue weighted by molar-refractivity contribution is 0.144. The van der Waals surface area contributed by atoms with Gasteiger partial charge in [-0.15, -0.1) is 0 Å². The van der Waals surface area contributed by atoms with Crippen LogP contribution >= 0.6 is 0 Å². The Morgan fingerprint density at radius 1 is 1.25 bits per heavy atom. The largest absolute Gasteiger partial charge is 0.383 e. The van der Waals surface area contributed by atoms with E-state index in [-0.39, 0.29) is 5.92 Å². The predicted octanol–water partition coefficient (Wildman–Crippen LogP) is -0.503. The Morgan fingerprint density at radius 2 is 1.85 bits per heavy atom. The molecule has 0 aromatic carbocycles. The van der Waals surface area contributed by atoms with Crippen LogP contribution < -0.4 is 5.73 Å². The quantitative estimate of drug-likeness (QED) is 0.620. The van der Waals surface area contributed by atoms with Crippen LogP contribution in [0.5, 0.6) is 0 Å². The Hall–Kier alpha value is -0.250. The van der Waals surface area contributed by atoms with E-state index in [9.17, 15) is 8.42 Å². The summed E-state index contributed by atoms with van der Waals surface area (Å²) in [5.74, 6) is 0.255. The van der Waals surface area contributed by atoms with Gasteiger partial charge in [0.2, 0.25) is 0 Å².